The van der Waals surface area contributed by atoms with Crippen LogP contribution in [-0.2, 0) is 0 Å². The molecule has 0 unspecified atom stereocenters. The van der Waals surface area contributed by atoms with E-state index in [0.29, 0.717) is 5.71 Å². The van der Waals surface area contributed by atoms with Crippen LogP contribution in [0.4, 0.5) is 17.1 Å². The lowest BCUT2D eigenvalue weighted by Crippen LogP contribution is -2.11. The zero-order chi connectivity index (χ0) is 26.9. The van der Waals surface area contributed by atoms with E-state index in [1.807, 2.05) is 6.07 Å². The van der Waals surface area contributed by atoms with Gasteiger partial charge in [-0.1, -0.05) is 60.7 Å². The van der Waals surface area contributed by atoms with Crippen LogP contribution in [-0.4, -0.2) is 9.55 Å². The highest BCUT2D eigenvalue weighted by molar-refractivity contribution is 6.12. The Morgan fingerprint density at radius 3 is 2.24 bits per heavy atom. The van der Waals surface area contributed by atoms with Crippen LogP contribution in [0.5, 0.6) is 0 Å². The van der Waals surface area contributed by atoms with Crippen molar-refractivity contribution < 1.29 is 4.42 Å². The van der Waals surface area contributed by atoms with Crippen LogP contribution in [0.15, 0.2) is 144 Å². The van der Waals surface area contributed by atoms with Crippen molar-refractivity contribution in [1.82, 2.24) is 9.55 Å². The van der Waals surface area contributed by atoms with Gasteiger partial charge in [-0.25, -0.2) is 4.98 Å². The quantitative estimate of drug-likeness (QED) is 0.225. The van der Waals surface area contributed by atoms with Crippen LogP contribution in [0, 0.1) is 0 Å². The number of aromatic nitrogens is 2. The summed E-state index contributed by atoms with van der Waals surface area (Å²) in [6.45, 7) is 0. The normalized spacial score (nSPS) is 12.3. The van der Waals surface area contributed by atoms with Gasteiger partial charge < -0.3 is 13.9 Å². The molecule has 1 aliphatic rings. The number of para-hydroxylation sites is 2. The average Bonchev–Trinajstić information content (AvgIpc) is 3.60. The summed E-state index contributed by atoms with van der Waals surface area (Å²) in [4.78, 5) is 6.83. The minimum absolute atomic E-state index is 0.660. The second-order valence-corrected chi connectivity index (χ2v) is 10.5. The second-order valence-electron chi connectivity index (χ2n) is 10.5. The average molecular weight is 526 g/mol. The highest BCUT2D eigenvalue weighted by Crippen LogP contribution is 2.53. The predicted octanol–water partition coefficient (Wildman–Crippen LogP) is 10.0. The number of pyridine rings is 1. The van der Waals surface area contributed by atoms with Gasteiger partial charge in [0.15, 0.2) is 0 Å². The third-order valence-corrected chi connectivity index (χ3v) is 8.25. The molecule has 4 heterocycles. The van der Waals surface area contributed by atoms with Crippen molar-refractivity contribution >= 4 is 50.0 Å². The van der Waals surface area contributed by atoms with Crippen LogP contribution < -0.4 is 4.90 Å². The van der Waals surface area contributed by atoms with Crippen LogP contribution in [0.1, 0.15) is 0 Å². The van der Waals surface area contributed by atoms with E-state index in [1.165, 1.54) is 33.2 Å². The van der Waals surface area contributed by atoms with E-state index in [4.69, 9.17) is 4.42 Å². The summed E-state index contributed by atoms with van der Waals surface area (Å²) in [7, 11) is 0. The number of hydrogen-bond acceptors (Lipinski definition) is 3. The molecule has 0 aliphatic carbocycles. The number of anilines is 3. The van der Waals surface area contributed by atoms with E-state index in [9.17, 15) is 0 Å². The number of furan rings is 1. The summed E-state index contributed by atoms with van der Waals surface area (Å²) in [5.41, 5.74) is 12.0. The molecule has 0 saturated carbocycles. The van der Waals surface area contributed by atoms with Crippen molar-refractivity contribution in [3.63, 3.8) is 0 Å². The first-order valence-corrected chi connectivity index (χ1v) is 13.8. The standard InChI is InChI=1S/C37H23N3O/c1-2-9-24(10-3-1)39-22-20-31-32(39)18-19-34-36(31)29-13-5-4-11-26(29)27-12-6-7-15-33(27)40(34)25-16-17-28-30-14-8-21-38-37(30)41-35(28)23-25/h1-23H. The maximum Gasteiger partial charge on any atom is 0.227 e. The van der Waals surface area contributed by atoms with Gasteiger partial charge in [-0.05, 0) is 71.8 Å². The minimum Gasteiger partial charge on any atom is -0.438 e. The number of benzene rings is 5. The lowest BCUT2D eigenvalue weighted by Gasteiger charge is -2.27. The van der Waals surface area contributed by atoms with Crippen molar-refractivity contribution in [2.24, 2.45) is 0 Å². The molecule has 8 aromatic rings. The van der Waals surface area contributed by atoms with Crippen LogP contribution in [0.3, 0.4) is 0 Å². The van der Waals surface area contributed by atoms with Crippen molar-refractivity contribution in [1.29, 1.82) is 0 Å². The van der Waals surface area contributed by atoms with E-state index in [-0.39, 0.29) is 0 Å². The first kappa shape index (κ1) is 22.2. The molecule has 4 nitrogen and oxygen atoms in total. The zero-order valence-corrected chi connectivity index (χ0v) is 22.0. The Morgan fingerprint density at radius 2 is 1.34 bits per heavy atom. The Labute approximate surface area is 236 Å². The van der Waals surface area contributed by atoms with Gasteiger partial charge in [-0.15, -0.1) is 0 Å². The summed E-state index contributed by atoms with van der Waals surface area (Å²) in [6.07, 6.45) is 3.95. The van der Waals surface area contributed by atoms with Crippen molar-refractivity contribution in [3.05, 3.63) is 140 Å². The van der Waals surface area contributed by atoms with Crippen LogP contribution in [0.2, 0.25) is 0 Å². The molecule has 0 saturated heterocycles. The smallest absolute Gasteiger partial charge is 0.227 e. The number of nitrogens with zero attached hydrogens (tertiary/aromatic N) is 3. The van der Waals surface area contributed by atoms with Crippen LogP contribution >= 0.6 is 0 Å². The molecule has 0 spiro atoms. The van der Waals surface area contributed by atoms with Crippen molar-refractivity contribution in [3.8, 4) is 27.9 Å². The molecular formula is C37H23N3O. The molecule has 41 heavy (non-hydrogen) atoms. The van der Waals surface area contributed by atoms with Gasteiger partial charge in [0.2, 0.25) is 5.71 Å². The largest absolute Gasteiger partial charge is 0.438 e. The molecule has 1 aliphatic heterocycles. The van der Waals surface area contributed by atoms with E-state index in [2.05, 4.69) is 142 Å². The molecule has 9 rings (SSSR count). The highest BCUT2D eigenvalue weighted by atomic mass is 16.3. The Bertz CT molecular complexity index is 2280. The lowest BCUT2D eigenvalue weighted by atomic mass is 9.93. The molecular weight excluding hydrogens is 502 g/mol. The third kappa shape index (κ3) is 3.19. The maximum atomic E-state index is 6.23. The molecule has 0 atom stereocenters. The fourth-order valence-corrected chi connectivity index (χ4v) is 6.47. The Morgan fingerprint density at radius 1 is 0.537 bits per heavy atom. The summed E-state index contributed by atoms with van der Waals surface area (Å²) in [5, 5.41) is 3.31. The topological polar surface area (TPSA) is 34.2 Å². The van der Waals surface area contributed by atoms with Crippen molar-refractivity contribution in [2.45, 2.75) is 0 Å². The van der Waals surface area contributed by atoms with Gasteiger partial charge >= 0.3 is 0 Å². The number of rotatable bonds is 2. The molecule has 0 N–H and O–H groups in total. The van der Waals surface area contributed by atoms with Crippen LogP contribution in [0.25, 0.3) is 60.9 Å². The molecule has 3 aromatic heterocycles. The first-order chi connectivity index (χ1) is 20.3. The Kier molecular flexibility index (Phi) is 4.58. The monoisotopic (exact) mass is 525 g/mol. The number of fused-ring (bicyclic) bond motifs is 10. The van der Waals surface area contributed by atoms with E-state index >= 15 is 0 Å². The van der Waals surface area contributed by atoms with E-state index in [1.54, 1.807) is 6.20 Å². The first-order valence-electron chi connectivity index (χ1n) is 13.8. The highest BCUT2D eigenvalue weighted by Gasteiger charge is 2.28. The Balaban J connectivity index is 1.37. The molecule has 5 aromatic carbocycles. The minimum atomic E-state index is 0.660. The second kappa shape index (κ2) is 8.44. The fourth-order valence-electron chi connectivity index (χ4n) is 6.47. The molecule has 0 amide bonds. The summed E-state index contributed by atoms with van der Waals surface area (Å²) < 4.78 is 8.51. The van der Waals surface area contributed by atoms with E-state index < -0.39 is 0 Å². The van der Waals surface area contributed by atoms with Gasteiger partial charge in [0.25, 0.3) is 0 Å². The zero-order valence-electron chi connectivity index (χ0n) is 22.0. The SMILES string of the molecule is c1ccc(-n2ccc3c4c(ccc32)N(c2ccc3c(c2)oc2ncccc23)c2ccccc2-c2ccccc2-4)cc1. The third-order valence-electron chi connectivity index (χ3n) is 8.25. The van der Waals surface area contributed by atoms with Gasteiger partial charge in [-0.3, -0.25) is 0 Å². The van der Waals surface area contributed by atoms with Crippen molar-refractivity contribution in [2.75, 3.05) is 4.90 Å². The summed E-state index contributed by atoms with van der Waals surface area (Å²) >= 11 is 0. The molecule has 4 heteroatoms. The predicted molar refractivity (Wildman–Crippen MR) is 167 cm³/mol. The van der Waals surface area contributed by atoms with Gasteiger partial charge in [0.05, 0.1) is 16.9 Å². The summed E-state index contributed by atoms with van der Waals surface area (Å²) in [6, 6.07) is 45.2. The number of hydrogen-bond donors (Lipinski definition) is 0. The molecule has 0 radical (unpaired) electrons. The molecule has 0 fully saturated rings. The maximum absolute atomic E-state index is 6.23. The molecule has 0 bridgehead atoms. The summed E-state index contributed by atoms with van der Waals surface area (Å²) in [5.74, 6) is 0. The fraction of sp³-hybridized carbons (Fsp3) is 0. The lowest BCUT2D eigenvalue weighted by molar-refractivity contribution is 0.654. The van der Waals surface area contributed by atoms with Gasteiger partial charge in [0, 0.05) is 57.1 Å². The van der Waals surface area contributed by atoms with Gasteiger partial charge in [0.1, 0.15) is 5.58 Å². The van der Waals surface area contributed by atoms with E-state index in [0.717, 1.165) is 39.1 Å². The van der Waals surface area contributed by atoms with Gasteiger partial charge in [-0.2, -0.15) is 0 Å². The Hall–Kier alpha value is -5.61. The molecule has 192 valence electrons.